The Kier molecular flexibility index (Phi) is 4.92. The second-order valence-corrected chi connectivity index (χ2v) is 12.5. The second kappa shape index (κ2) is 6.20. The molecule has 1 aliphatic rings. The molecule has 5 nitrogen and oxygen atoms in total. The van der Waals surface area contributed by atoms with Gasteiger partial charge < -0.3 is 18.5 Å². The van der Waals surface area contributed by atoms with E-state index in [1.54, 1.807) is 13.2 Å². The molecule has 0 amide bonds. The lowest BCUT2D eigenvalue weighted by Gasteiger charge is -2.32. The van der Waals surface area contributed by atoms with Crippen LogP contribution >= 0.6 is 0 Å². The molecule has 0 aromatic heterocycles. The highest BCUT2D eigenvalue weighted by Gasteiger charge is 2.52. The summed E-state index contributed by atoms with van der Waals surface area (Å²) in [6.07, 6.45) is 0.793. The van der Waals surface area contributed by atoms with Crippen LogP contribution in [0.15, 0.2) is 12.1 Å². The normalized spacial score (nSPS) is 19.2. The van der Waals surface area contributed by atoms with Gasteiger partial charge in [0, 0.05) is 5.56 Å². The van der Waals surface area contributed by atoms with Gasteiger partial charge in [-0.2, -0.15) is 0 Å². The van der Waals surface area contributed by atoms with Gasteiger partial charge in [0.15, 0.2) is 5.75 Å². The molecule has 0 bridgehead atoms. The number of aldehydes is 1. The van der Waals surface area contributed by atoms with Gasteiger partial charge in [-0.3, -0.25) is 4.79 Å². The molecule has 1 aromatic carbocycles. The number of carbonyl (C=O) groups excluding carboxylic acids is 1. The first-order valence-corrected chi connectivity index (χ1v) is 11.5. The van der Waals surface area contributed by atoms with E-state index in [0.717, 1.165) is 6.29 Å². The van der Waals surface area contributed by atoms with E-state index in [9.17, 15) is 4.79 Å². The minimum absolute atomic E-state index is 0.475. The lowest BCUT2D eigenvalue weighted by Crippen LogP contribution is -2.41. The molecule has 0 saturated carbocycles. The fourth-order valence-corrected chi connectivity index (χ4v) is 3.26. The van der Waals surface area contributed by atoms with E-state index >= 15 is 0 Å². The number of carbonyl (C=O) groups is 1. The van der Waals surface area contributed by atoms with Crippen LogP contribution in [0.5, 0.6) is 11.5 Å². The Morgan fingerprint density at radius 1 is 1.04 bits per heavy atom. The van der Waals surface area contributed by atoms with E-state index < -0.39 is 26.6 Å². The van der Waals surface area contributed by atoms with Crippen molar-refractivity contribution in [3.8, 4) is 11.5 Å². The molecule has 1 fully saturated rings. The molecule has 7 heteroatoms. The maximum absolute atomic E-state index is 11.6. The smallest absolute Gasteiger partial charge is 0.495 e. The molecule has 0 spiro atoms. The third-order valence-electron chi connectivity index (χ3n) is 4.42. The fraction of sp³-hybridized carbons (Fsp3) is 0.588. The molecule has 1 heterocycles. The van der Waals surface area contributed by atoms with Gasteiger partial charge in [-0.25, -0.2) is 0 Å². The number of rotatable bonds is 5. The molecule has 1 aromatic rings. The number of methoxy groups -OCH3 is 1. The molecule has 0 atom stereocenters. The summed E-state index contributed by atoms with van der Waals surface area (Å²) in [7, 11) is -0.898. The molecule has 2 rings (SSSR count). The minimum atomic E-state index is -1.84. The lowest BCUT2D eigenvalue weighted by molar-refractivity contribution is 0.00578. The molecular formula is C17H27BO5Si. The molecule has 0 unspecified atom stereocenters. The zero-order valence-electron chi connectivity index (χ0n) is 15.9. The third-order valence-corrected chi connectivity index (χ3v) is 5.25. The van der Waals surface area contributed by atoms with Crippen LogP contribution < -0.4 is 14.6 Å². The summed E-state index contributed by atoms with van der Waals surface area (Å²) in [6.45, 7) is 14.2. The van der Waals surface area contributed by atoms with Gasteiger partial charge in [-0.15, -0.1) is 0 Å². The maximum atomic E-state index is 11.6. The number of hydrogen-bond donors (Lipinski definition) is 0. The zero-order chi connectivity index (χ0) is 18.3. The molecule has 1 aliphatic heterocycles. The quantitative estimate of drug-likeness (QED) is 0.604. The van der Waals surface area contributed by atoms with Gasteiger partial charge >= 0.3 is 7.12 Å². The van der Waals surface area contributed by atoms with Crippen molar-refractivity contribution in [3.05, 3.63) is 17.7 Å². The zero-order valence-corrected chi connectivity index (χ0v) is 16.9. The van der Waals surface area contributed by atoms with E-state index in [1.807, 2.05) is 33.8 Å². The van der Waals surface area contributed by atoms with E-state index in [4.69, 9.17) is 18.5 Å². The Bertz CT molecular complexity index is 621. The first-order chi connectivity index (χ1) is 10.9. The monoisotopic (exact) mass is 350 g/mol. The number of ether oxygens (including phenoxy) is 1. The van der Waals surface area contributed by atoms with Gasteiger partial charge in [-0.05, 0) is 64.9 Å². The van der Waals surface area contributed by atoms with Gasteiger partial charge in [-0.1, -0.05) is 0 Å². The summed E-state index contributed by atoms with van der Waals surface area (Å²) >= 11 is 0. The van der Waals surface area contributed by atoms with Crippen LogP contribution in [0, 0.1) is 0 Å². The summed E-state index contributed by atoms with van der Waals surface area (Å²) in [4.78, 5) is 11.6. The highest BCUT2D eigenvalue weighted by atomic mass is 28.4. The van der Waals surface area contributed by atoms with Crippen molar-refractivity contribution in [2.45, 2.75) is 58.5 Å². The average molecular weight is 350 g/mol. The first kappa shape index (κ1) is 19.0. The van der Waals surface area contributed by atoms with Crippen molar-refractivity contribution in [1.29, 1.82) is 0 Å². The summed E-state index contributed by atoms with van der Waals surface area (Å²) in [5.41, 5.74) is 0.195. The van der Waals surface area contributed by atoms with Crippen molar-refractivity contribution in [3.63, 3.8) is 0 Å². The lowest BCUT2D eigenvalue weighted by atomic mass is 9.76. The second-order valence-electron chi connectivity index (χ2n) is 8.05. The van der Waals surface area contributed by atoms with E-state index in [-0.39, 0.29) is 0 Å². The van der Waals surface area contributed by atoms with E-state index in [0.29, 0.717) is 22.5 Å². The van der Waals surface area contributed by atoms with E-state index in [1.165, 1.54) is 0 Å². The van der Waals surface area contributed by atoms with Gasteiger partial charge in [0.1, 0.15) is 12.0 Å². The maximum Gasteiger partial charge on any atom is 0.495 e. The van der Waals surface area contributed by atoms with Gasteiger partial charge in [0.25, 0.3) is 0 Å². The molecule has 24 heavy (non-hydrogen) atoms. The van der Waals surface area contributed by atoms with Crippen molar-refractivity contribution < 1.29 is 23.3 Å². The Labute approximate surface area is 145 Å². The average Bonchev–Trinajstić information content (AvgIpc) is 2.65. The summed E-state index contributed by atoms with van der Waals surface area (Å²) in [5, 5.41) is 0. The van der Waals surface area contributed by atoms with Gasteiger partial charge in [0.05, 0.1) is 18.3 Å². The highest BCUT2D eigenvalue weighted by molar-refractivity contribution is 6.70. The molecule has 0 aliphatic carbocycles. The Hall–Kier alpha value is -1.31. The first-order valence-electron chi connectivity index (χ1n) is 8.12. The minimum Gasteiger partial charge on any atom is -0.542 e. The van der Waals surface area contributed by atoms with Crippen LogP contribution in [0.1, 0.15) is 38.1 Å². The van der Waals surface area contributed by atoms with Gasteiger partial charge in [0.2, 0.25) is 8.32 Å². The highest BCUT2D eigenvalue weighted by Crippen LogP contribution is 2.38. The summed E-state index contributed by atoms with van der Waals surface area (Å²) in [6, 6.07) is 3.49. The predicted octanol–water partition coefficient (Wildman–Crippen LogP) is 3.02. The standard InChI is InChI=1S/C17H27BO5Si/c1-16(2)17(3,4)23-18(22-16)13-10-15(21-24(6,7)8)14(20-5)9-12(13)11-19/h9-11H,1-8H3. The molecular weight excluding hydrogens is 323 g/mol. The van der Waals surface area contributed by atoms with Crippen LogP contribution in [0.4, 0.5) is 0 Å². The largest absolute Gasteiger partial charge is 0.542 e. The molecule has 0 radical (unpaired) electrons. The Balaban J connectivity index is 2.50. The van der Waals surface area contributed by atoms with E-state index in [2.05, 4.69) is 19.6 Å². The fourth-order valence-electron chi connectivity index (χ4n) is 2.44. The van der Waals surface area contributed by atoms with Crippen LogP contribution in [-0.4, -0.2) is 40.0 Å². The number of benzene rings is 1. The van der Waals surface area contributed by atoms with Crippen molar-refractivity contribution in [2.24, 2.45) is 0 Å². The molecule has 132 valence electrons. The topological polar surface area (TPSA) is 54.0 Å². The Morgan fingerprint density at radius 3 is 2.00 bits per heavy atom. The van der Waals surface area contributed by atoms with Crippen molar-refractivity contribution in [1.82, 2.24) is 0 Å². The molecule has 0 N–H and O–H groups in total. The van der Waals surface area contributed by atoms with Crippen LogP contribution in [0.2, 0.25) is 19.6 Å². The predicted molar refractivity (Wildman–Crippen MR) is 98.1 cm³/mol. The van der Waals surface area contributed by atoms with Crippen molar-refractivity contribution >= 4 is 27.2 Å². The summed E-state index contributed by atoms with van der Waals surface area (Å²) in [5.74, 6) is 1.16. The third kappa shape index (κ3) is 3.68. The number of hydrogen-bond acceptors (Lipinski definition) is 5. The Morgan fingerprint density at radius 2 is 1.58 bits per heavy atom. The SMILES string of the molecule is COc1cc(C=O)c(B2OC(C)(C)C(C)(C)O2)cc1O[Si](C)(C)C. The molecule has 1 saturated heterocycles. The van der Waals surface area contributed by atoms with Crippen LogP contribution in [-0.2, 0) is 9.31 Å². The van der Waals surface area contributed by atoms with Crippen LogP contribution in [0.3, 0.4) is 0 Å². The van der Waals surface area contributed by atoms with Crippen LogP contribution in [0.25, 0.3) is 0 Å². The summed E-state index contributed by atoms with van der Waals surface area (Å²) < 4.78 is 23.7. The van der Waals surface area contributed by atoms with Crippen molar-refractivity contribution in [2.75, 3.05) is 7.11 Å².